The van der Waals surface area contributed by atoms with Crippen molar-refractivity contribution >= 4 is 0 Å². The summed E-state index contributed by atoms with van der Waals surface area (Å²) in [6, 6.07) is 0. The van der Waals surface area contributed by atoms with Crippen LogP contribution in [-0.4, -0.2) is 36.7 Å². The van der Waals surface area contributed by atoms with Gasteiger partial charge in [0.25, 0.3) is 0 Å². The van der Waals surface area contributed by atoms with Crippen LogP contribution in [0.1, 0.15) is 27.7 Å². The molecular formula is C10H20N2O2. The van der Waals surface area contributed by atoms with Gasteiger partial charge in [-0.3, -0.25) is 10.6 Å². The van der Waals surface area contributed by atoms with Gasteiger partial charge in [0.2, 0.25) is 0 Å². The van der Waals surface area contributed by atoms with Gasteiger partial charge in [-0.05, 0) is 27.7 Å². The first kappa shape index (κ1) is 10.4. The molecule has 4 atom stereocenters. The summed E-state index contributed by atoms with van der Waals surface area (Å²) in [6.07, 6.45) is 0.440. The minimum Gasteiger partial charge on any atom is -0.352 e. The normalized spacial score (nSPS) is 54.0. The number of nitrogens with one attached hydrogen (secondary N) is 2. The first-order valence-electron chi connectivity index (χ1n) is 5.31. The maximum absolute atomic E-state index is 5.93. The number of fused-ring (bicyclic) bond motifs is 1. The summed E-state index contributed by atoms with van der Waals surface area (Å²) >= 11 is 0. The molecule has 2 rings (SSSR count). The molecule has 0 spiro atoms. The van der Waals surface area contributed by atoms with E-state index in [9.17, 15) is 0 Å². The Morgan fingerprint density at radius 3 is 1.64 bits per heavy atom. The van der Waals surface area contributed by atoms with E-state index in [-0.39, 0.29) is 12.2 Å². The van der Waals surface area contributed by atoms with Crippen LogP contribution >= 0.6 is 0 Å². The third-order valence-electron chi connectivity index (χ3n) is 3.24. The molecule has 4 nitrogen and oxygen atoms in total. The van der Waals surface area contributed by atoms with Gasteiger partial charge in [0, 0.05) is 13.1 Å². The Labute approximate surface area is 85.3 Å². The highest BCUT2D eigenvalue weighted by Crippen LogP contribution is 2.33. The Morgan fingerprint density at radius 2 is 1.29 bits per heavy atom. The second kappa shape index (κ2) is 3.17. The van der Waals surface area contributed by atoms with E-state index in [2.05, 4.69) is 24.5 Å². The van der Waals surface area contributed by atoms with Gasteiger partial charge in [0.15, 0.2) is 11.4 Å². The van der Waals surface area contributed by atoms with Crippen LogP contribution in [0.2, 0.25) is 0 Å². The van der Waals surface area contributed by atoms with Crippen LogP contribution in [0.5, 0.6) is 0 Å². The fourth-order valence-electron chi connectivity index (χ4n) is 2.21. The molecule has 2 aliphatic heterocycles. The van der Waals surface area contributed by atoms with Gasteiger partial charge in [-0.25, -0.2) is 0 Å². The SMILES string of the molecule is CC1CNC2(C)OC(C)CNC2(C)O1. The number of ether oxygens (including phenoxy) is 2. The molecule has 0 amide bonds. The lowest BCUT2D eigenvalue weighted by Gasteiger charge is -2.55. The molecule has 0 aromatic rings. The molecule has 0 aromatic heterocycles. The van der Waals surface area contributed by atoms with Crippen molar-refractivity contribution in [1.82, 2.24) is 10.6 Å². The van der Waals surface area contributed by atoms with Crippen LogP contribution in [0, 0.1) is 0 Å². The fourth-order valence-corrected chi connectivity index (χ4v) is 2.21. The zero-order valence-corrected chi connectivity index (χ0v) is 9.39. The summed E-state index contributed by atoms with van der Waals surface area (Å²) < 4.78 is 11.9. The lowest BCUT2D eigenvalue weighted by atomic mass is 9.97. The maximum Gasteiger partial charge on any atom is 0.159 e. The zero-order valence-electron chi connectivity index (χ0n) is 9.39. The Morgan fingerprint density at radius 1 is 0.929 bits per heavy atom. The Balaban J connectivity index is 2.20. The third-order valence-corrected chi connectivity index (χ3v) is 3.24. The summed E-state index contributed by atoms with van der Waals surface area (Å²) in [5.74, 6) is 0. The van der Waals surface area contributed by atoms with E-state index in [1.165, 1.54) is 0 Å². The molecule has 2 heterocycles. The van der Waals surface area contributed by atoms with Crippen molar-refractivity contribution in [2.45, 2.75) is 51.4 Å². The third kappa shape index (κ3) is 1.46. The Bertz CT molecular complexity index is 212. The molecule has 0 saturated carbocycles. The molecule has 4 unspecified atom stereocenters. The van der Waals surface area contributed by atoms with Crippen molar-refractivity contribution in [3.8, 4) is 0 Å². The monoisotopic (exact) mass is 200 g/mol. The lowest BCUT2D eigenvalue weighted by Crippen LogP contribution is -2.77. The van der Waals surface area contributed by atoms with Gasteiger partial charge < -0.3 is 9.47 Å². The average Bonchev–Trinajstić information content (AvgIpc) is 2.08. The average molecular weight is 200 g/mol. The quantitative estimate of drug-likeness (QED) is 0.595. The molecule has 4 heteroatoms. The minimum absolute atomic E-state index is 0.220. The van der Waals surface area contributed by atoms with Gasteiger partial charge in [0.1, 0.15) is 0 Å². The number of morpholine rings is 2. The van der Waals surface area contributed by atoms with Crippen LogP contribution in [0.4, 0.5) is 0 Å². The van der Waals surface area contributed by atoms with Crippen molar-refractivity contribution in [2.75, 3.05) is 13.1 Å². The molecular weight excluding hydrogens is 180 g/mol. The van der Waals surface area contributed by atoms with Crippen LogP contribution in [0.15, 0.2) is 0 Å². The highest BCUT2D eigenvalue weighted by Gasteiger charge is 2.53. The molecule has 2 saturated heterocycles. The number of rotatable bonds is 0. The summed E-state index contributed by atoms with van der Waals surface area (Å²) in [5, 5.41) is 6.82. The van der Waals surface area contributed by atoms with Crippen molar-refractivity contribution in [2.24, 2.45) is 0 Å². The lowest BCUT2D eigenvalue weighted by molar-refractivity contribution is -0.299. The molecule has 2 N–H and O–H groups in total. The van der Waals surface area contributed by atoms with Crippen LogP contribution < -0.4 is 10.6 Å². The fraction of sp³-hybridized carbons (Fsp3) is 1.00. The van der Waals surface area contributed by atoms with E-state index in [0.717, 1.165) is 13.1 Å². The summed E-state index contributed by atoms with van der Waals surface area (Å²) in [5.41, 5.74) is -0.839. The summed E-state index contributed by atoms with van der Waals surface area (Å²) in [7, 11) is 0. The van der Waals surface area contributed by atoms with Crippen molar-refractivity contribution < 1.29 is 9.47 Å². The predicted molar refractivity (Wildman–Crippen MR) is 53.9 cm³/mol. The van der Waals surface area contributed by atoms with Gasteiger partial charge in [-0.1, -0.05) is 0 Å². The van der Waals surface area contributed by atoms with E-state index >= 15 is 0 Å². The Hall–Kier alpha value is -0.160. The first-order chi connectivity index (χ1) is 6.45. The molecule has 82 valence electrons. The van der Waals surface area contributed by atoms with Gasteiger partial charge in [-0.2, -0.15) is 0 Å². The second-order valence-corrected chi connectivity index (χ2v) is 4.69. The largest absolute Gasteiger partial charge is 0.352 e. The maximum atomic E-state index is 5.93. The van der Waals surface area contributed by atoms with E-state index in [1.54, 1.807) is 0 Å². The second-order valence-electron chi connectivity index (χ2n) is 4.69. The first-order valence-corrected chi connectivity index (χ1v) is 5.31. The molecule has 0 bridgehead atoms. The van der Waals surface area contributed by atoms with Crippen LogP contribution in [0.3, 0.4) is 0 Å². The Kier molecular flexibility index (Phi) is 2.34. The van der Waals surface area contributed by atoms with Gasteiger partial charge in [0.05, 0.1) is 12.2 Å². The van der Waals surface area contributed by atoms with E-state index in [1.807, 2.05) is 13.8 Å². The van der Waals surface area contributed by atoms with Crippen LogP contribution in [-0.2, 0) is 9.47 Å². The summed E-state index contributed by atoms with van der Waals surface area (Å²) in [4.78, 5) is 0. The smallest absolute Gasteiger partial charge is 0.159 e. The number of hydrogen-bond acceptors (Lipinski definition) is 4. The van der Waals surface area contributed by atoms with Crippen molar-refractivity contribution in [1.29, 1.82) is 0 Å². The van der Waals surface area contributed by atoms with Gasteiger partial charge >= 0.3 is 0 Å². The van der Waals surface area contributed by atoms with E-state index < -0.39 is 11.4 Å². The highest BCUT2D eigenvalue weighted by atomic mass is 16.6. The molecule has 2 fully saturated rings. The minimum atomic E-state index is -0.419. The predicted octanol–water partition coefficient (Wildman–Crippen LogP) is 0.435. The number of hydrogen-bond donors (Lipinski definition) is 2. The molecule has 0 aromatic carbocycles. The standard InChI is InChI=1S/C10H20N2O2/c1-7-5-11-10(4)9(3,13-7)12-6-8(2)14-10/h7-8,11-12H,5-6H2,1-4H3. The van der Waals surface area contributed by atoms with E-state index in [0.29, 0.717) is 0 Å². The molecule has 0 radical (unpaired) electrons. The molecule has 0 aliphatic carbocycles. The molecule has 14 heavy (non-hydrogen) atoms. The summed E-state index contributed by atoms with van der Waals surface area (Å²) in [6.45, 7) is 9.89. The topological polar surface area (TPSA) is 42.5 Å². The molecule has 2 aliphatic rings. The van der Waals surface area contributed by atoms with Crippen molar-refractivity contribution in [3.63, 3.8) is 0 Å². The van der Waals surface area contributed by atoms with Crippen LogP contribution in [0.25, 0.3) is 0 Å². The zero-order chi connectivity index (χ0) is 10.4. The van der Waals surface area contributed by atoms with Crippen molar-refractivity contribution in [3.05, 3.63) is 0 Å². The highest BCUT2D eigenvalue weighted by molar-refractivity contribution is 5.00. The van der Waals surface area contributed by atoms with Gasteiger partial charge in [-0.15, -0.1) is 0 Å². The van der Waals surface area contributed by atoms with E-state index in [4.69, 9.17) is 9.47 Å².